The van der Waals surface area contributed by atoms with Crippen LogP contribution in [0.1, 0.15) is 0 Å². The predicted molar refractivity (Wildman–Crippen MR) is 67.6 cm³/mol. The first kappa shape index (κ1) is 12.3. The molecule has 94 valence electrons. The average Bonchev–Trinajstić information content (AvgIpc) is 2.34. The normalized spacial score (nSPS) is 17.4. The summed E-state index contributed by atoms with van der Waals surface area (Å²) >= 11 is 5.94. The Hall–Kier alpha value is -1.11. The third-order valence-electron chi connectivity index (χ3n) is 2.90. The van der Waals surface area contributed by atoms with E-state index in [2.05, 4.69) is 14.9 Å². The summed E-state index contributed by atoms with van der Waals surface area (Å²) in [5, 5.41) is 0.166. The number of piperazine rings is 1. The fourth-order valence-corrected chi connectivity index (χ4v) is 2.18. The molecule has 7 heteroatoms. The quantitative estimate of drug-likeness (QED) is 0.764. The first-order chi connectivity index (χ1) is 8.22. The summed E-state index contributed by atoms with van der Waals surface area (Å²) in [6, 6.07) is 0. The number of H-pyrrole nitrogens is 1. The van der Waals surface area contributed by atoms with E-state index in [9.17, 15) is 4.79 Å². The van der Waals surface area contributed by atoms with Crippen LogP contribution >= 0.6 is 11.6 Å². The summed E-state index contributed by atoms with van der Waals surface area (Å²) in [5.74, 6) is 0.572. The highest BCUT2D eigenvalue weighted by Crippen LogP contribution is 2.19. The summed E-state index contributed by atoms with van der Waals surface area (Å²) in [6.07, 6.45) is 1.38. The van der Waals surface area contributed by atoms with Gasteiger partial charge >= 0.3 is 0 Å². The van der Waals surface area contributed by atoms with E-state index in [1.165, 1.54) is 6.33 Å². The number of hydrogen-bond donors (Lipinski definition) is 2. The Labute approximate surface area is 104 Å². The van der Waals surface area contributed by atoms with E-state index in [0.717, 1.165) is 32.7 Å². The summed E-state index contributed by atoms with van der Waals surface area (Å²) in [4.78, 5) is 22.3. The highest BCUT2D eigenvalue weighted by molar-refractivity contribution is 6.32. The van der Waals surface area contributed by atoms with Crippen molar-refractivity contribution in [2.75, 3.05) is 44.2 Å². The number of nitrogens with zero attached hydrogens (tertiary/aromatic N) is 3. The Bertz CT molecular complexity index is 427. The Kier molecular flexibility index (Phi) is 3.98. The second kappa shape index (κ2) is 5.48. The molecule has 17 heavy (non-hydrogen) atoms. The van der Waals surface area contributed by atoms with Crippen LogP contribution < -0.4 is 16.2 Å². The Balaban J connectivity index is 2.05. The van der Waals surface area contributed by atoms with Crippen molar-refractivity contribution in [1.29, 1.82) is 0 Å². The summed E-state index contributed by atoms with van der Waals surface area (Å²) in [7, 11) is 0. The van der Waals surface area contributed by atoms with Gasteiger partial charge in [-0.1, -0.05) is 11.6 Å². The third-order valence-corrected chi connectivity index (χ3v) is 3.24. The number of rotatable bonds is 3. The van der Waals surface area contributed by atoms with E-state index in [1.807, 2.05) is 4.90 Å². The highest BCUT2D eigenvalue weighted by atomic mass is 35.5. The molecule has 3 N–H and O–H groups in total. The largest absolute Gasteiger partial charge is 0.353 e. The van der Waals surface area contributed by atoms with Gasteiger partial charge in [-0.15, -0.1) is 0 Å². The van der Waals surface area contributed by atoms with Crippen LogP contribution in [0.5, 0.6) is 0 Å². The van der Waals surface area contributed by atoms with Crippen molar-refractivity contribution in [3.8, 4) is 0 Å². The lowest BCUT2D eigenvalue weighted by molar-refractivity contribution is 0.264. The fourth-order valence-electron chi connectivity index (χ4n) is 1.96. The predicted octanol–water partition coefficient (Wildman–Crippen LogP) is -0.496. The number of aromatic amines is 1. The van der Waals surface area contributed by atoms with Gasteiger partial charge in [-0.25, -0.2) is 4.98 Å². The minimum atomic E-state index is -0.291. The average molecular weight is 258 g/mol. The molecule has 0 spiro atoms. The lowest BCUT2D eigenvalue weighted by atomic mass is 10.3. The molecule has 0 saturated carbocycles. The van der Waals surface area contributed by atoms with Crippen molar-refractivity contribution in [3.63, 3.8) is 0 Å². The van der Waals surface area contributed by atoms with Crippen LogP contribution in [0.15, 0.2) is 11.1 Å². The smallest absolute Gasteiger partial charge is 0.271 e. The van der Waals surface area contributed by atoms with Gasteiger partial charge in [0, 0.05) is 39.3 Å². The molecule has 0 aromatic carbocycles. The monoisotopic (exact) mass is 257 g/mol. The molecular formula is C10H16ClN5O. The SMILES string of the molecule is NCCN1CCN(c2nc[nH]c(=O)c2Cl)CC1. The Morgan fingerprint density at radius 2 is 2.12 bits per heavy atom. The van der Waals surface area contributed by atoms with Gasteiger partial charge in [-0.2, -0.15) is 0 Å². The van der Waals surface area contributed by atoms with E-state index < -0.39 is 0 Å². The molecule has 0 atom stereocenters. The zero-order valence-corrected chi connectivity index (χ0v) is 10.3. The van der Waals surface area contributed by atoms with E-state index in [-0.39, 0.29) is 10.6 Å². The van der Waals surface area contributed by atoms with Gasteiger partial charge in [0.25, 0.3) is 5.56 Å². The lowest BCUT2D eigenvalue weighted by Gasteiger charge is -2.35. The number of nitrogens with two attached hydrogens (primary N) is 1. The molecule has 1 aromatic heterocycles. The summed E-state index contributed by atoms with van der Waals surface area (Å²) < 4.78 is 0. The van der Waals surface area contributed by atoms with Crippen LogP contribution in [0.25, 0.3) is 0 Å². The molecule has 0 unspecified atom stereocenters. The van der Waals surface area contributed by atoms with Gasteiger partial charge in [0.15, 0.2) is 5.82 Å². The molecule has 0 aliphatic carbocycles. The minimum Gasteiger partial charge on any atom is -0.353 e. The van der Waals surface area contributed by atoms with Gasteiger partial charge in [-0.3, -0.25) is 9.69 Å². The minimum absolute atomic E-state index is 0.166. The molecular weight excluding hydrogens is 242 g/mol. The second-order valence-corrected chi connectivity index (χ2v) is 4.36. The van der Waals surface area contributed by atoms with E-state index >= 15 is 0 Å². The van der Waals surface area contributed by atoms with Crippen LogP contribution in [0.4, 0.5) is 5.82 Å². The zero-order valence-electron chi connectivity index (χ0n) is 9.53. The van der Waals surface area contributed by atoms with Gasteiger partial charge < -0.3 is 15.6 Å². The first-order valence-corrected chi connectivity index (χ1v) is 6.00. The highest BCUT2D eigenvalue weighted by Gasteiger charge is 2.20. The number of hydrogen-bond acceptors (Lipinski definition) is 5. The summed E-state index contributed by atoms with van der Waals surface area (Å²) in [5.41, 5.74) is 5.22. The zero-order chi connectivity index (χ0) is 12.3. The van der Waals surface area contributed by atoms with Crippen LogP contribution in [-0.4, -0.2) is 54.1 Å². The lowest BCUT2D eigenvalue weighted by Crippen LogP contribution is -2.48. The number of anilines is 1. The molecule has 0 amide bonds. The molecule has 1 fully saturated rings. The van der Waals surface area contributed by atoms with Crippen molar-refractivity contribution < 1.29 is 0 Å². The van der Waals surface area contributed by atoms with Crippen LogP contribution in [0, 0.1) is 0 Å². The second-order valence-electron chi connectivity index (χ2n) is 3.99. The molecule has 1 aliphatic rings. The summed E-state index contributed by atoms with van der Waals surface area (Å²) in [6.45, 7) is 5.05. The standard InChI is InChI=1S/C10H16ClN5O/c11-8-9(13-7-14-10(8)17)16-5-3-15(2-1-12)4-6-16/h7H,1-6,12H2,(H,13,14,17). The Morgan fingerprint density at radius 3 is 2.76 bits per heavy atom. The maximum Gasteiger partial charge on any atom is 0.271 e. The molecule has 6 nitrogen and oxygen atoms in total. The Morgan fingerprint density at radius 1 is 1.41 bits per heavy atom. The maximum atomic E-state index is 11.4. The van der Waals surface area contributed by atoms with Gasteiger partial charge in [0.2, 0.25) is 0 Å². The fraction of sp³-hybridized carbons (Fsp3) is 0.600. The van der Waals surface area contributed by atoms with Crippen molar-refractivity contribution >= 4 is 17.4 Å². The van der Waals surface area contributed by atoms with E-state index in [0.29, 0.717) is 12.4 Å². The van der Waals surface area contributed by atoms with Gasteiger partial charge in [0.05, 0.1) is 6.33 Å². The molecule has 0 radical (unpaired) electrons. The van der Waals surface area contributed by atoms with Crippen molar-refractivity contribution in [2.24, 2.45) is 5.73 Å². The molecule has 0 bridgehead atoms. The van der Waals surface area contributed by atoms with Crippen molar-refractivity contribution in [2.45, 2.75) is 0 Å². The van der Waals surface area contributed by atoms with E-state index in [1.54, 1.807) is 0 Å². The number of nitrogens with one attached hydrogen (secondary N) is 1. The molecule has 2 heterocycles. The molecule has 2 rings (SSSR count). The molecule has 1 saturated heterocycles. The number of halogens is 1. The van der Waals surface area contributed by atoms with Crippen LogP contribution in [-0.2, 0) is 0 Å². The topological polar surface area (TPSA) is 78.2 Å². The van der Waals surface area contributed by atoms with E-state index in [4.69, 9.17) is 17.3 Å². The van der Waals surface area contributed by atoms with Gasteiger partial charge in [0.1, 0.15) is 5.02 Å². The third kappa shape index (κ3) is 2.77. The van der Waals surface area contributed by atoms with Crippen LogP contribution in [0.2, 0.25) is 5.02 Å². The maximum absolute atomic E-state index is 11.4. The van der Waals surface area contributed by atoms with Gasteiger partial charge in [-0.05, 0) is 0 Å². The number of aromatic nitrogens is 2. The molecule has 1 aromatic rings. The van der Waals surface area contributed by atoms with Crippen molar-refractivity contribution in [1.82, 2.24) is 14.9 Å². The first-order valence-electron chi connectivity index (χ1n) is 5.63. The van der Waals surface area contributed by atoms with Crippen LogP contribution in [0.3, 0.4) is 0 Å². The molecule has 1 aliphatic heterocycles. The van der Waals surface area contributed by atoms with Crippen molar-refractivity contribution in [3.05, 3.63) is 21.7 Å².